The first-order valence-corrected chi connectivity index (χ1v) is 6.08. The van der Waals surface area contributed by atoms with E-state index in [1.54, 1.807) is 6.92 Å². The number of carbonyl (C=O) groups is 3. The highest BCUT2D eigenvalue weighted by atomic mass is 35.5. The molecule has 0 aliphatic rings. The van der Waals surface area contributed by atoms with E-state index in [1.807, 2.05) is 0 Å². The topological polar surface area (TPSA) is 117 Å². The lowest BCUT2D eigenvalue weighted by Crippen LogP contribution is -2.40. The Morgan fingerprint density at radius 2 is 1.95 bits per heavy atom. The number of amides is 2. The second-order valence-corrected chi connectivity index (χ2v) is 3.72. The third-order valence-corrected chi connectivity index (χ3v) is 2.28. The molecular formula is C11H22ClN3O5. The number of aliphatic carboxylic acids is 1. The van der Waals surface area contributed by atoms with E-state index in [2.05, 4.69) is 16.0 Å². The van der Waals surface area contributed by atoms with E-state index in [1.165, 1.54) is 7.05 Å². The molecule has 20 heavy (non-hydrogen) atoms. The normalized spacial score (nSPS) is 10.9. The van der Waals surface area contributed by atoms with Gasteiger partial charge in [-0.05, 0) is 13.3 Å². The highest BCUT2D eigenvalue weighted by Gasteiger charge is 2.17. The maximum atomic E-state index is 11.0. The maximum absolute atomic E-state index is 11.0. The van der Waals surface area contributed by atoms with Gasteiger partial charge >= 0.3 is 12.1 Å². The van der Waals surface area contributed by atoms with Crippen molar-refractivity contribution in [1.82, 2.24) is 16.0 Å². The lowest BCUT2D eigenvalue weighted by atomic mass is 10.1. The largest absolute Gasteiger partial charge is 0.480 e. The van der Waals surface area contributed by atoms with Gasteiger partial charge in [0, 0.05) is 26.6 Å². The Labute approximate surface area is 124 Å². The van der Waals surface area contributed by atoms with Gasteiger partial charge < -0.3 is 25.8 Å². The SMILES string of the molecule is CCNC(=O)OCCN[C@@H](CCC(=O)NC)C(=O)O.Cl. The first-order chi connectivity index (χ1) is 9.01. The van der Waals surface area contributed by atoms with Crippen LogP contribution in [0.15, 0.2) is 0 Å². The zero-order valence-electron chi connectivity index (χ0n) is 11.6. The Morgan fingerprint density at radius 1 is 1.30 bits per heavy atom. The summed E-state index contributed by atoms with van der Waals surface area (Å²) in [6.45, 7) is 2.51. The average Bonchev–Trinajstić information content (AvgIpc) is 2.37. The van der Waals surface area contributed by atoms with Crippen molar-refractivity contribution in [3.8, 4) is 0 Å². The van der Waals surface area contributed by atoms with E-state index in [9.17, 15) is 14.4 Å². The molecule has 0 saturated heterocycles. The number of hydrogen-bond donors (Lipinski definition) is 4. The summed E-state index contributed by atoms with van der Waals surface area (Å²) >= 11 is 0. The smallest absolute Gasteiger partial charge is 0.407 e. The molecule has 0 aromatic carbocycles. The molecule has 0 bridgehead atoms. The van der Waals surface area contributed by atoms with Crippen molar-refractivity contribution in [2.45, 2.75) is 25.8 Å². The molecule has 2 amide bonds. The van der Waals surface area contributed by atoms with Crippen LogP contribution in [0.2, 0.25) is 0 Å². The van der Waals surface area contributed by atoms with Crippen LogP contribution in [-0.2, 0) is 14.3 Å². The van der Waals surface area contributed by atoms with Crippen LogP contribution in [0.3, 0.4) is 0 Å². The lowest BCUT2D eigenvalue weighted by Gasteiger charge is -2.14. The fourth-order valence-corrected chi connectivity index (χ4v) is 1.29. The van der Waals surface area contributed by atoms with Crippen molar-refractivity contribution >= 4 is 30.4 Å². The molecule has 0 aliphatic heterocycles. The second kappa shape index (κ2) is 12.5. The molecule has 0 aromatic heterocycles. The predicted molar refractivity (Wildman–Crippen MR) is 75.0 cm³/mol. The number of hydrogen-bond acceptors (Lipinski definition) is 5. The summed E-state index contributed by atoms with van der Waals surface area (Å²) < 4.78 is 4.77. The minimum atomic E-state index is -1.04. The van der Waals surface area contributed by atoms with E-state index in [4.69, 9.17) is 9.84 Å². The molecule has 0 aromatic rings. The molecule has 0 heterocycles. The van der Waals surface area contributed by atoms with Gasteiger partial charge in [0.2, 0.25) is 5.91 Å². The molecule has 0 spiro atoms. The van der Waals surface area contributed by atoms with Crippen molar-refractivity contribution < 1.29 is 24.2 Å². The highest BCUT2D eigenvalue weighted by Crippen LogP contribution is 1.97. The fraction of sp³-hybridized carbons (Fsp3) is 0.727. The van der Waals surface area contributed by atoms with Gasteiger partial charge in [-0.3, -0.25) is 9.59 Å². The number of rotatable bonds is 9. The van der Waals surface area contributed by atoms with Crippen LogP contribution in [0.25, 0.3) is 0 Å². The average molecular weight is 312 g/mol. The summed E-state index contributed by atoms with van der Waals surface area (Å²) in [5.41, 5.74) is 0. The van der Waals surface area contributed by atoms with Crippen LogP contribution in [0, 0.1) is 0 Å². The van der Waals surface area contributed by atoms with Gasteiger partial charge in [0.1, 0.15) is 12.6 Å². The number of ether oxygens (including phenoxy) is 1. The number of nitrogens with one attached hydrogen (secondary N) is 3. The quantitative estimate of drug-likeness (QED) is 0.435. The van der Waals surface area contributed by atoms with Crippen LogP contribution >= 0.6 is 12.4 Å². The minimum Gasteiger partial charge on any atom is -0.480 e. The van der Waals surface area contributed by atoms with Gasteiger partial charge in [-0.2, -0.15) is 0 Å². The summed E-state index contributed by atoms with van der Waals surface area (Å²) in [6, 6.07) is -0.838. The Hall–Kier alpha value is -1.54. The monoisotopic (exact) mass is 311 g/mol. The van der Waals surface area contributed by atoms with Crippen molar-refractivity contribution in [1.29, 1.82) is 0 Å². The van der Waals surface area contributed by atoms with Gasteiger partial charge in [0.25, 0.3) is 0 Å². The number of alkyl carbamates (subject to hydrolysis) is 1. The summed E-state index contributed by atoms with van der Waals surface area (Å²) in [4.78, 5) is 32.9. The standard InChI is InChI=1S/C11H21N3O5.ClH/c1-3-13-11(18)19-7-6-14-8(10(16)17)4-5-9(15)12-2;/h8,14H,3-7H2,1-2H3,(H,12,15)(H,13,18)(H,16,17);1H/t8-;/m0./s1. The van der Waals surface area contributed by atoms with Crippen molar-refractivity contribution in [2.75, 3.05) is 26.7 Å². The Bertz CT molecular complexity index is 314. The van der Waals surface area contributed by atoms with Crippen molar-refractivity contribution in [3.05, 3.63) is 0 Å². The maximum Gasteiger partial charge on any atom is 0.407 e. The summed E-state index contributed by atoms with van der Waals surface area (Å²) in [6.07, 6.45) is -0.241. The summed E-state index contributed by atoms with van der Waals surface area (Å²) in [7, 11) is 1.49. The molecule has 0 radical (unpaired) electrons. The van der Waals surface area contributed by atoms with Crippen LogP contribution < -0.4 is 16.0 Å². The van der Waals surface area contributed by atoms with Gasteiger partial charge in [0.05, 0.1) is 0 Å². The molecule has 8 nitrogen and oxygen atoms in total. The molecule has 0 saturated carbocycles. The second-order valence-electron chi connectivity index (χ2n) is 3.72. The van der Waals surface area contributed by atoms with Gasteiger partial charge in [-0.15, -0.1) is 12.4 Å². The number of carboxylic acid groups (broad SMARTS) is 1. The molecule has 4 N–H and O–H groups in total. The molecular weight excluding hydrogens is 290 g/mol. The molecule has 1 atom stereocenters. The first kappa shape index (κ1) is 20.8. The molecule has 9 heteroatoms. The van der Waals surface area contributed by atoms with E-state index in [0.29, 0.717) is 6.54 Å². The van der Waals surface area contributed by atoms with E-state index in [0.717, 1.165) is 0 Å². The first-order valence-electron chi connectivity index (χ1n) is 6.08. The van der Waals surface area contributed by atoms with E-state index < -0.39 is 18.1 Å². The molecule has 0 aliphatic carbocycles. The number of halogens is 1. The number of carbonyl (C=O) groups excluding carboxylic acids is 2. The van der Waals surface area contributed by atoms with Crippen LogP contribution in [-0.4, -0.2) is 55.9 Å². The third kappa shape index (κ3) is 10.4. The van der Waals surface area contributed by atoms with E-state index >= 15 is 0 Å². The van der Waals surface area contributed by atoms with Crippen LogP contribution in [0.1, 0.15) is 19.8 Å². The van der Waals surface area contributed by atoms with Gasteiger partial charge in [-0.25, -0.2) is 4.79 Å². The molecule has 0 fully saturated rings. The zero-order chi connectivity index (χ0) is 14.7. The molecule has 0 unspecified atom stereocenters. The fourth-order valence-electron chi connectivity index (χ4n) is 1.29. The minimum absolute atomic E-state index is 0. The van der Waals surface area contributed by atoms with Crippen molar-refractivity contribution in [2.24, 2.45) is 0 Å². The Kier molecular flexibility index (Phi) is 13.0. The van der Waals surface area contributed by atoms with Crippen LogP contribution in [0.4, 0.5) is 4.79 Å². The number of carboxylic acids is 1. The van der Waals surface area contributed by atoms with Crippen LogP contribution in [0.5, 0.6) is 0 Å². The third-order valence-electron chi connectivity index (χ3n) is 2.28. The highest BCUT2D eigenvalue weighted by molar-refractivity contribution is 5.85. The lowest BCUT2D eigenvalue weighted by molar-refractivity contribution is -0.139. The Morgan fingerprint density at radius 3 is 2.45 bits per heavy atom. The summed E-state index contributed by atoms with van der Waals surface area (Å²) in [5.74, 6) is -1.26. The van der Waals surface area contributed by atoms with E-state index in [-0.39, 0.29) is 44.3 Å². The summed E-state index contributed by atoms with van der Waals surface area (Å²) in [5, 5.41) is 16.5. The van der Waals surface area contributed by atoms with Crippen molar-refractivity contribution in [3.63, 3.8) is 0 Å². The Balaban J connectivity index is 0. The zero-order valence-corrected chi connectivity index (χ0v) is 12.4. The van der Waals surface area contributed by atoms with Gasteiger partial charge in [-0.1, -0.05) is 0 Å². The van der Waals surface area contributed by atoms with Gasteiger partial charge in [0.15, 0.2) is 0 Å². The predicted octanol–water partition coefficient (Wildman–Crippen LogP) is -0.277. The molecule has 118 valence electrons. The molecule has 0 rings (SSSR count).